The van der Waals surface area contributed by atoms with Gasteiger partial charge < -0.3 is 10.3 Å². The number of hydrogen-bond donors (Lipinski definition) is 3. The highest BCUT2D eigenvalue weighted by Gasteiger charge is 2.17. The summed E-state index contributed by atoms with van der Waals surface area (Å²) in [6, 6.07) is 8.15. The van der Waals surface area contributed by atoms with E-state index in [0.29, 0.717) is 34.3 Å². The summed E-state index contributed by atoms with van der Waals surface area (Å²) in [6.07, 6.45) is 1.34. The molecule has 0 unspecified atom stereocenters. The lowest BCUT2D eigenvalue weighted by Crippen LogP contribution is -2.24. The van der Waals surface area contributed by atoms with Gasteiger partial charge in [0.15, 0.2) is 0 Å². The summed E-state index contributed by atoms with van der Waals surface area (Å²) in [5.74, 6) is -1.82. The molecule has 0 spiro atoms. The summed E-state index contributed by atoms with van der Waals surface area (Å²) < 4.78 is 53.6. The fourth-order valence-electron chi connectivity index (χ4n) is 3.11. The maximum atomic E-state index is 13.8. The van der Waals surface area contributed by atoms with Gasteiger partial charge in [0.05, 0.1) is 5.75 Å². The Bertz CT molecular complexity index is 1190. The maximum absolute atomic E-state index is 13.8. The van der Waals surface area contributed by atoms with Crippen LogP contribution in [-0.4, -0.2) is 25.1 Å². The lowest BCUT2D eigenvalue weighted by atomic mass is 10.1. The number of sulfonamides is 1. The molecule has 1 amide bonds. The minimum absolute atomic E-state index is 0.0429. The van der Waals surface area contributed by atoms with Crippen molar-refractivity contribution in [3.05, 3.63) is 64.9 Å². The Morgan fingerprint density at radius 2 is 1.90 bits per heavy atom. The zero-order chi connectivity index (χ0) is 21.9. The Labute approximate surface area is 173 Å². The van der Waals surface area contributed by atoms with Crippen LogP contribution in [-0.2, 0) is 16.6 Å². The quantitative estimate of drug-likeness (QED) is 0.495. The van der Waals surface area contributed by atoms with Crippen LogP contribution in [0.5, 0.6) is 0 Å². The number of carbonyl (C=O) groups is 1. The van der Waals surface area contributed by atoms with Gasteiger partial charge in [-0.15, -0.1) is 0 Å². The van der Waals surface area contributed by atoms with E-state index < -0.39 is 27.6 Å². The van der Waals surface area contributed by atoms with Crippen molar-refractivity contribution in [3.8, 4) is 0 Å². The number of halogens is 2. The first-order valence-electron chi connectivity index (χ1n) is 9.55. The van der Waals surface area contributed by atoms with E-state index >= 15 is 0 Å². The van der Waals surface area contributed by atoms with Gasteiger partial charge in [-0.05, 0) is 43.2 Å². The number of H-pyrrole nitrogens is 1. The van der Waals surface area contributed by atoms with Crippen molar-refractivity contribution in [2.24, 2.45) is 0 Å². The molecule has 0 aliphatic rings. The number of aryl methyl sites for hydroxylation is 1. The Morgan fingerprint density at radius 3 is 2.60 bits per heavy atom. The number of amides is 1. The first kappa shape index (κ1) is 21.8. The minimum Gasteiger partial charge on any atom is -0.350 e. The molecule has 0 atom stereocenters. The van der Waals surface area contributed by atoms with Gasteiger partial charge in [0.2, 0.25) is 10.0 Å². The highest BCUT2D eigenvalue weighted by molar-refractivity contribution is 7.92. The van der Waals surface area contributed by atoms with Gasteiger partial charge in [0.25, 0.3) is 5.91 Å². The van der Waals surface area contributed by atoms with Crippen LogP contribution in [0.3, 0.4) is 0 Å². The molecular formula is C21H23F2N3O3S. The Hall–Kier alpha value is -2.94. The van der Waals surface area contributed by atoms with Crippen LogP contribution in [0.25, 0.3) is 10.9 Å². The number of aromatic amines is 1. The molecule has 0 aliphatic carbocycles. The van der Waals surface area contributed by atoms with Crippen LogP contribution in [0.15, 0.2) is 36.4 Å². The smallest absolute Gasteiger partial charge is 0.268 e. The third-order valence-electron chi connectivity index (χ3n) is 4.78. The van der Waals surface area contributed by atoms with Crippen molar-refractivity contribution in [3.63, 3.8) is 0 Å². The zero-order valence-electron chi connectivity index (χ0n) is 16.7. The van der Waals surface area contributed by atoms with E-state index in [1.165, 1.54) is 6.07 Å². The van der Waals surface area contributed by atoms with Crippen LogP contribution in [0.1, 0.15) is 41.4 Å². The predicted molar refractivity (Wildman–Crippen MR) is 113 cm³/mol. The van der Waals surface area contributed by atoms with Crippen molar-refractivity contribution < 1.29 is 22.0 Å². The van der Waals surface area contributed by atoms with Crippen molar-refractivity contribution >= 4 is 32.5 Å². The molecule has 0 radical (unpaired) electrons. The number of nitrogens with one attached hydrogen (secondary N) is 3. The average molecular weight is 435 g/mol. The zero-order valence-corrected chi connectivity index (χ0v) is 17.5. The minimum atomic E-state index is -3.44. The molecule has 0 bridgehead atoms. The van der Waals surface area contributed by atoms with Crippen LogP contribution >= 0.6 is 0 Å². The molecule has 160 valence electrons. The molecule has 6 nitrogen and oxygen atoms in total. The molecule has 0 saturated heterocycles. The van der Waals surface area contributed by atoms with Crippen LogP contribution < -0.4 is 10.0 Å². The van der Waals surface area contributed by atoms with E-state index in [4.69, 9.17) is 0 Å². The summed E-state index contributed by atoms with van der Waals surface area (Å²) in [7, 11) is -3.44. The third kappa shape index (κ3) is 4.96. The molecule has 2 aromatic carbocycles. The molecule has 0 aliphatic heterocycles. The van der Waals surface area contributed by atoms with Crippen molar-refractivity contribution in [1.29, 1.82) is 0 Å². The molecule has 1 aromatic heterocycles. The number of fused-ring (bicyclic) bond motifs is 1. The molecule has 0 fully saturated rings. The number of hydrogen-bond acceptors (Lipinski definition) is 3. The monoisotopic (exact) mass is 435 g/mol. The molecule has 3 rings (SSSR count). The summed E-state index contributed by atoms with van der Waals surface area (Å²) in [6.45, 7) is 3.56. The Balaban J connectivity index is 1.78. The number of benzene rings is 2. The van der Waals surface area contributed by atoms with E-state index in [1.54, 1.807) is 25.1 Å². The topological polar surface area (TPSA) is 91.1 Å². The van der Waals surface area contributed by atoms with Crippen molar-refractivity contribution in [2.75, 3.05) is 10.5 Å². The Morgan fingerprint density at radius 1 is 1.13 bits per heavy atom. The maximum Gasteiger partial charge on any atom is 0.268 e. The van der Waals surface area contributed by atoms with Crippen LogP contribution in [0, 0.1) is 18.6 Å². The predicted octanol–water partition coefficient (Wildman–Crippen LogP) is 4.23. The molecule has 3 aromatic rings. The third-order valence-corrected chi connectivity index (χ3v) is 6.15. The van der Waals surface area contributed by atoms with Gasteiger partial charge in [-0.3, -0.25) is 9.52 Å². The molecule has 3 N–H and O–H groups in total. The fourth-order valence-corrected chi connectivity index (χ4v) is 4.37. The molecule has 0 saturated carbocycles. The van der Waals surface area contributed by atoms with Gasteiger partial charge >= 0.3 is 0 Å². The fraction of sp³-hybridized carbons (Fsp3) is 0.286. The van der Waals surface area contributed by atoms with Crippen molar-refractivity contribution in [2.45, 2.75) is 33.2 Å². The lowest BCUT2D eigenvalue weighted by Gasteiger charge is -2.07. The molecule has 30 heavy (non-hydrogen) atoms. The molecule has 9 heteroatoms. The first-order chi connectivity index (χ1) is 14.2. The summed E-state index contributed by atoms with van der Waals surface area (Å²) in [5, 5.41) is 3.31. The summed E-state index contributed by atoms with van der Waals surface area (Å²) in [4.78, 5) is 15.6. The van der Waals surface area contributed by atoms with Gasteiger partial charge in [-0.1, -0.05) is 19.4 Å². The SMILES string of the molecule is CCCCS(=O)(=O)Nc1ccc2[nH]c(C(=O)NCc3ccc(F)cc3F)c(C)c2c1. The van der Waals surface area contributed by atoms with Gasteiger partial charge in [-0.2, -0.15) is 0 Å². The number of rotatable bonds is 8. The normalized spacial score (nSPS) is 11.6. The summed E-state index contributed by atoms with van der Waals surface area (Å²) in [5.41, 5.74) is 2.18. The number of anilines is 1. The Kier molecular flexibility index (Phi) is 6.40. The van der Waals surface area contributed by atoms with Crippen LogP contribution in [0.2, 0.25) is 0 Å². The number of carbonyl (C=O) groups excluding carboxylic acids is 1. The van der Waals surface area contributed by atoms with Gasteiger partial charge in [-0.25, -0.2) is 17.2 Å². The summed E-state index contributed by atoms with van der Waals surface area (Å²) >= 11 is 0. The van der Waals surface area contributed by atoms with Crippen LogP contribution in [0.4, 0.5) is 14.5 Å². The second-order valence-electron chi connectivity index (χ2n) is 7.08. The second kappa shape index (κ2) is 8.83. The standard InChI is InChI=1S/C21H23F2N3O3S/c1-3-4-9-30(28,29)26-16-7-8-19-17(11-16)13(2)20(25-19)21(27)24-12-14-5-6-15(22)10-18(14)23/h5-8,10-11,25-26H,3-4,9,12H2,1-2H3,(H,24,27). The van der Waals surface area contributed by atoms with Gasteiger partial charge in [0.1, 0.15) is 17.3 Å². The largest absolute Gasteiger partial charge is 0.350 e. The molecule has 1 heterocycles. The molecular weight excluding hydrogens is 412 g/mol. The average Bonchev–Trinajstić information content (AvgIpc) is 3.01. The van der Waals surface area contributed by atoms with Crippen molar-refractivity contribution in [1.82, 2.24) is 10.3 Å². The van der Waals surface area contributed by atoms with E-state index in [9.17, 15) is 22.0 Å². The highest BCUT2D eigenvalue weighted by Crippen LogP contribution is 2.26. The van der Waals surface area contributed by atoms with E-state index in [2.05, 4.69) is 15.0 Å². The highest BCUT2D eigenvalue weighted by atomic mass is 32.2. The second-order valence-corrected chi connectivity index (χ2v) is 8.92. The number of aromatic nitrogens is 1. The van der Waals surface area contributed by atoms with Gasteiger partial charge in [0, 0.05) is 34.8 Å². The number of unbranched alkanes of at least 4 members (excludes halogenated alkanes) is 1. The van der Waals surface area contributed by atoms with E-state index in [0.717, 1.165) is 18.6 Å². The lowest BCUT2D eigenvalue weighted by molar-refractivity contribution is 0.0946. The first-order valence-corrected chi connectivity index (χ1v) is 11.2. The van der Waals surface area contributed by atoms with E-state index in [1.807, 2.05) is 6.92 Å². The van der Waals surface area contributed by atoms with E-state index in [-0.39, 0.29) is 17.9 Å².